The highest BCUT2D eigenvalue weighted by Gasteiger charge is 2.31. The fourth-order valence-electron chi connectivity index (χ4n) is 2.97. The molecule has 0 radical (unpaired) electrons. The van der Waals surface area contributed by atoms with Crippen molar-refractivity contribution in [3.05, 3.63) is 22.4 Å². The zero-order valence-electron chi connectivity index (χ0n) is 10.7. The first-order valence-electron chi connectivity index (χ1n) is 6.56. The lowest BCUT2D eigenvalue weighted by molar-refractivity contribution is 0.141. The molecule has 0 unspecified atom stereocenters. The van der Waals surface area contributed by atoms with Gasteiger partial charge in [0, 0.05) is 18.0 Å². The Morgan fingerprint density at radius 2 is 2.12 bits per heavy atom. The molecule has 1 saturated carbocycles. The van der Waals surface area contributed by atoms with Gasteiger partial charge in [0.05, 0.1) is 0 Å². The summed E-state index contributed by atoms with van der Waals surface area (Å²) in [6, 6.07) is 4.37. The molecule has 1 aliphatic carbocycles. The zero-order valence-corrected chi connectivity index (χ0v) is 12.4. The molecule has 1 heterocycles. The van der Waals surface area contributed by atoms with Crippen molar-refractivity contribution in [3.63, 3.8) is 0 Å². The topological polar surface area (TPSA) is 3.24 Å². The summed E-state index contributed by atoms with van der Waals surface area (Å²) in [4.78, 5) is 3.95. The third-order valence-corrected chi connectivity index (χ3v) is 5.39. The van der Waals surface area contributed by atoms with Crippen LogP contribution in [0.2, 0.25) is 0 Å². The lowest BCUT2D eigenvalue weighted by atomic mass is 9.75. The monoisotopic (exact) mass is 269 g/mol. The van der Waals surface area contributed by atoms with E-state index >= 15 is 0 Å². The number of thiophene rings is 1. The minimum absolute atomic E-state index is 0.480. The van der Waals surface area contributed by atoms with Gasteiger partial charge in [0.15, 0.2) is 0 Å². The van der Waals surface area contributed by atoms with Crippen LogP contribution in [-0.4, -0.2) is 24.2 Å². The summed E-state index contributed by atoms with van der Waals surface area (Å²) in [6.45, 7) is 2.29. The van der Waals surface area contributed by atoms with E-state index in [1.807, 2.05) is 11.3 Å². The van der Waals surface area contributed by atoms with Gasteiger partial charge >= 0.3 is 0 Å². The summed E-state index contributed by atoms with van der Waals surface area (Å²) >= 11 is 6.47. The van der Waals surface area contributed by atoms with Crippen molar-refractivity contribution in [1.29, 1.82) is 0 Å². The Morgan fingerprint density at radius 1 is 1.35 bits per heavy atom. The van der Waals surface area contributed by atoms with E-state index in [-0.39, 0.29) is 0 Å². The zero-order chi connectivity index (χ0) is 12.1. The van der Waals surface area contributed by atoms with Crippen LogP contribution in [0.1, 0.15) is 37.0 Å². The molecule has 1 aliphatic rings. The second-order valence-electron chi connectivity index (χ2n) is 5.47. The average Bonchev–Trinajstić information content (AvgIpc) is 2.83. The molecule has 0 aliphatic heterocycles. The van der Waals surface area contributed by atoms with Gasteiger partial charge in [0.2, 0.25) is 0 Å². The SMILES string of the molecule is CN(Cc1cccs1)CC1(CS)CCCCC1. The van der Waals surface area contributed by atoms with Gasteiger partial charge in [-0.05, 0) is 42.5 Å². The third-order valence-electron chi connectivity index (χ3n) is 3.86. The summed E-state index contributed by atoms with van der Waals surface area (Å²) in [7, 11) is 2.25. The number of thiol groups is 1. The molecule has 2 rings (SSSR count). The quantitative estimate of drug-likeness (QED) is 0.789. The molecule has 1 aromatic heterocycles. The second kappa shape index (κ2) is 6.26. The van der Waals surface area contributed by atoms with Crippen molar-refractivity contribution < 1.29 is 0 Å². The van der Waals surface area contributed by atoms with E-state index in [1.54, 1.807) is 0 Å². The van der Waals surface area contributed by atoms with Crippen LogP contribution in [0.5, 0.6) is 0 Å². The largest absolute Gasteiger partial charge is 0.301 e. The predicted octanol–water partition coefficient (Wildman–Crippen LogP) is 4.06. The van der Waals surface area contributed by atoms with Crippen LogP contribution in [0, 0.1) is 5.41 Å². The number of rotatable bonds is 5. The molecule has 1 nitrogen and oxygen atoms in total. The highest BCUT2D eigenvalue weighted by atomic mass is 32.1. The molecule has 96 valence electrons. The molecule has 0 atom stereocenters. The van der Waals surface area contributed by atoms with Gasteiger partial charge in [-0.25, -0.2) is 0 Å². The second-order valence-corrected chi connectivity index (χ2v) is 6.82. The van der Waals surface area contributed by atoms with E-state index in [4.69, 9.17) is 0 Å². The molecule has 3 heteroatoms. The van der Waals surface area contributed by atoms with E-state index in [1.165, 1.54) is 43.5 Å². The van der Waals surface area contributed by atoms with E-state index in [0.29, 0.717) is 5.41 Å². The predicted molar refractivity (Wildman–Crippen MR) is 80.0 cm³/mol. The molecule has 0 N–H and O–H groups in total. The molecule has 0 saturated heterocycles. The van der Waals surface area contributed by atoms with Crippen molar-refractivity contribution in [2.24, 2.45) is 5.41 Å². The van der Waals surface area contributed by atoms with Gasteiger partial charge < -0.3 is 4.90 Å². The van der Waals surface area contributed by atoms with Gasteiger partial charge in [0.1, 0.15) is 0 Å². The molecule has 0 bridgehead atoms. The average molecular weight is 269 g/mol. The summed E-state index contributed by atoms with van der Waals surface area (Å²) in [5.41, 5.74) is 0.480. The third kappa shape index (κ3) is 3.73. The Labute approximate surface area is 115 Å². The van der Waals surface area contributed by atoms with E-state index in [2.05, 4.69) is 42.1 Å². The lowest BCUT2D eigenvalue weighted by Gasteiger charge is -2.39. The Morgan fingerprint density at radius 3 is 2.71 bits per heavy atom. The van der Waals surface area contributed by atoms with Gasteiger partial charge in [-0.15, -0.1) is 11.3 Å². The van der Waals surface area contributed by atoms with Crippen LogP contribution in [0.15, 0.2) is 17.5 Å². The lowest BCUT2D eigenvalue weighted by Crippen LogP contribution is -2.38. The van der Waals surface area contributed by atoms with Crippen molar-refractivity contribution >= 4 is 24.0 Å². The fraction of sp³-hybridized carbons (Fsp3) is 0.714. The molecule has 0 amide bonds. The fourth-order valence-corrected chi connectivity index (χ4v) is 4.17. The molecule has 0 spiro atoms. The van der Waals surface area contributed by atoms with Gasteiger partial charge in [-0.1, -0.05) is 25.3 Å². The number of hydrogen-bond acceptors (Lipinski definition) is 3. The maximum absolute atomic E-state index is 4.61. The summed E-state index contributed by atoms with van der Waals surface area (Å²) in [6.07, 6.45) is 6.95. The molecule has 1 fully saturated rings. The summed E-state index contributed by atoms with van der Waals surface area (Å²) in [5, 5.41) is 2.16. The smallest absolute Gasteiger partial charge is 0.0325 e. The Kier molecular flexibility index (Phi) is 4.95. The molecule has 17 heavy (non-hydrogen) atoms. The van der Waals surface area contributed by atoms with Crippen molar-refractivity contribution in [2.75, 3.05) is 19.3 Å². The first-order chi connectivity index (χ1) is 8.24. The van der Waals surface area contributed by atoms with Crippen LogP contribution >= 0.6 is 24.0 Å². The van der Waals surface area contributed by atoms with Crippen LogP contribution < -0.4 is 0 Å². The summed E-state index contributed by atoms with van der Waals surface area (Å²) in [5.74, 6) is 1.04. The first kappa shape index (κ1) is 13.4. The van der Waals surface area contributed by atoms with Gasteiger partial charge in [-0.3, -0.25) is 0 Å². The first-order valence-corrected chi connectivity index (χ1v) is 8.07. The minimum atomic E-state index is 0.480. The number of nitrogens with zero attached hydrogens (tertiary/aromatic N) is 1. The normalized spacial score (nSPS) is 19.7. The maximum Gasteiger partial charge on any atom is 0.0325 e. The molecular weight excluding hydrogens is 246 g/mol. The molecule has 1 aromatic rings. The van der Waals surface area contributed by atoms with Crippen molar-refractivity contribution in [2.45, 2.75) is 38.6 Å². The van der Waals surface area contributed by atoms with Gasteiger partial charge in [0.25, 0.3) is 0 Å². The Balaban J connectivity index is 1.89. The van der Waals surface area contributed by atoms with Crippen LogP contribution in [0.3, 0.4) is 0 Å². The van der Waals surface area contributed by atoms with E-state index < -0.39 is 0 Å². The molecule has 0 aromatic carbocycles. The summed E-state index contributed by atoms with van der Waals surface area (Å²) < 4.78 is 0. The van der Waals surface area contributed by atoms with E-state index in [0.717, 1.165) is 12.3 Å². The van der Waals surface area contributed by atoms with Crippen molar-refractivity contribution in [1.82, 2.24) is 4.90 Å². The standard InChI is InChI=1S/C14H23NS2/c1-15(10-13-6-5-9-17-13)11-14(12-16)7-3-2-4-8-14/h5-6,9,16H,2-4,7-8,10-12H2,1H3. The van der Waals surface area contributed by atoms with Crippen LogP contribution in [-0.2, 0) is 6.54 Å². The van der Waals surface area contributed by atoms with Gasteiger partial charge in [-0.2, -0.15) is 12.6 Å². The van der Waals surface area contributed by atoms with Crippen LogP contribution in [0.25, 0.3) is 0 Å². The van der Waals surface area contributed by atoms with Crippen LogP contribution in [0.4, 0.5) is 0 Å². The number of hydrogen-bond donors (Lipinski definition) is 1. The van der Waals surface area contributed by atoms with E-state index in [9.17, 15) is 0 Å². The Bertz CT molecular complexity index is 315. The Hall–Kier alpha value is 0.01000. The highest BCUT2D eigenvalue weighted by Crippen LogP contribution is 2.38. The van der Waals surface area contributed by atoms with Crippen molar-refractivity contribution in [3.8, 4) is 0 Å². The maximum atomic E-state index is 4.61. The highest BCUT2D eigenvalue weighted by molar-refractivity contribution is 7.80. The minimum Gasteiger partial charge on any atom is -0.301 e. The molecular formula is C14H23NS2.